The zero-order valence-corrected chi connectivity index (χ0v) is 11.0. The first kappa shape index (κ1) is 12.9. The molecule has 18 heavy (non-hydrogen) atoms. The summed E-state index contributed by atoms with van der Waals surface area (Å²) in [6.07, 6.45) is 0.990. The van der Waals surface area contributed by atoms with Gasteiger partial charge in [-0.15, -0.1) is 0 Å². The van der Waals surface area contributed by atoms with Crippen molar-refractivity contribution >= 4 is 5.91 Å². The van der Waals surface area contributed by atoms with E-state index in [-0.39, 0.29) is 5.91 Å². The average molecular weight is 248 g/mol. The molecule has 1 aliphatic heterocycles. The number of amides is 1. The molecule has 0 spiro atoms. The highest BCUT2D eigenvalue weighted by molar-refractivity contribution is 5.88. The highest BCUT2D eigenvalue weighted by Crippen LogP contribution is 2.24. The van der Waals surface area contributed by atoms with E-state index in [0.29, 0.717) is 6.54 Å². The van der Waals surface area contributed by atoms with Gasteiger partial charge in [0.15, 0.2) is 0 Å². The van der Waals surface area contributed by atoms with E-state index in [1.807, 2.05) is 31.2 Å². The van der Waals surface area contributed by atoms with Crippen molar-refractivity contribution in [1.29, 1.82) is 0 Å². The molecule has 1 aromatic carbocycles. The average Bonchev–Trinajstić information content (AvgIpc) is 2.40. The molecule has 1 heterocycles. The number of ether oxygens (including phenoxy) is 1. The molecule has 0 saturated carbocycles. The lowest BCUT2D eigenvalue weighted by Crippen LogP contribution is -2.59. The van der Waals surface area contributed by atoms with Crippen LogP contribution in [-0.2, 0) is 10.3 Å². The summed E-state index contributed by atoms with van der Waals surface area (Å²) in [5, 5.41) is 6.16. The maximum atomic E-state index is 12.0. The fourth-order valence-electron chi connectivity index (χ4n) is 2.08. The second-order valence-corrected chi connectivity index (χ2v) is 4.68. The van der Waals surface area contributed by atoms with Gasteiger partial charge in [0.25, 0.3) is 0 Å². The Morgan fingerprint density at radius 1 is 1.28 bits per heavy atom. The Bertz CT molecular complexity index is 416. The molecule has 0 aliphatic carbocycles. The van der Waals surface area contributed by atoms with Crippen molar-refractivity contribution in [2.75, 3.05) is 19.7 Å². The fourth-order valence-corrected chi connectivity index (χ4v) is 2.08. The van der Waals surface area contributed by atoms with Gasteiger partial charge in [-0.25, -0.2) is 0 Å². The molecular formula is C14H20N2O2. The number of carbonyl (C=O) groups is 1. The van der Waals surface area contributed by atoms with Gasteiger partial charge >= 0.3 is 0 Å². The Morgan fingerprint density at radius 3 is 2.61 bits per heavy atom. The number of carbonyl (C=O) groups excluding carboxylic acids is 1. The van der Waals surface area contributed by atoms with Gasteiger partial charge in [-0.05, 0) is 31.0 Å². The van der Waals surface area contributed by atoms with Gasteiger partial charge in [-0.2, -0.15) is 0 Å². The molecule has 0 bridgehead atoms. The molecule has 1 saturated heterocycles. The van der Waals surface area contributed by atoms with E-state index < -0.39 is 5.54 Å². The third-order valence-corrected chi connectivity index (χ3v) is 3.25. The van der Waals surface area contributed by atoms with E-state index in [1.165, 1.54) is 0 Å². The number of hydrogen-bond acceptors (Lipinski definition) is 3. The maximum absolute atomic E-state index is 12.0. The van der Waals surface area contributed by atoms with Gasteiger partial charge in [0.1, 0.15) is 11.3 Å². The highest BCUT2D eigenvalue weighted by atomic mass is 16.5. The molecule has 1 aromatic rings. The van der Waals surface area contributed by atoms with Gasteiger partial charge in [0, 0.05) is 13.1 Å². The molecule has 0 aromatic heterocycles. The van der Waals surface area contributed by atoms with Crippen LogP contribution in [0.25, 0.3) is 0 Å². The lowest BCUT2D eigenvalue weighted by Gasteiger charge is -2.34. The number of benzene rings is 1. The van der Waals surface area contributed by atoms with E-state index in [1.54, 1.807) is 0 Å². The smallest absolute Gasteiger partial charge is 0.244 e. The van der Waals surface area contributed by atoms with Crippen LogP contribution in [0.15, 0.2) is 24.3 Å². The lowest BCUT2D eigenvalue weighted by atomic mass is 9.89. The molecule has 4 heteroatoms. The van der Waals surface area contributed by atoms with E-state index >= 15 is 0 Å². The van der Waals surface area contributed by atoms with Crippen LogP contribution in [0.3, 0.4) is 0 Å². The Morgan fingerprint density at radius 2 is 2.00 bits per heavy atom. The number of rotatable bonds is 4. The zero-order valence-electron chi connectivity index (χ0n) is 11.0. The van der Waals surface area contributed by atoms with E-state index in [0.717, 1.165) is 30.9 Å². The third-order valence-electron chi connectivity index (χ3n) is 3.25. The predicted molar refractivity (Wildman–Crippen MR) is 70.6 cm³/mol. The molecule has 98 valence electrons. The Hall–Kier alpha value is -1.55. The largest absolute Gasteiger partial charge is 0.494 e. The van der Waals surface area contributed by atoms with Crippen LogP contribution in [0.4, 0.5) is 0 Å². The van der Waals surface area contributed by atoms with Gasteiger partial charge in [0.2, 0.25) is 5.91 Å². The normalized spacial score (nSPS) is 23.6. The topological polar surface area (TPSA) is 50.4 Å². The predicted octanol–water partition coefficient (Wildman–Crippen LogP) is 1.41. The summed E-state index contributed by atoms with van der Waals surface area (Å²) in [4.78, 5) is 12.0. The summed E-state index contributed by atoms with van der Waals surface area (Å²) in [6.45, 7) is 6.17. The van der Waals surface area contributed by atoms with Crippen molar-refractivity contribution in [1.82, 2.24) is 10.6 Å². The molecule has 2 N–H and O–H groups in total. The fraction of sp³-hybridized carbons (Fsp3) is 0.500. The summed E-state index contributed by atoms with van der Waals surface area (Å²) in [7, 11) is 0. The third kappa shape index (κ3) is 2.48. The summed E-state index contributed by atoms with van der Waals surface area (Å²) < 4.78 is 5.54. The molecule has 0 radical (unpaired) electrons. The van der Waals surface area contributed by atoms with Crippen LogP contribution in [0, 0.1) is 0 Å². The minimum atomic E-state index is -0.637. The summed E-state index contributed by atoms with van der Waals surface area (Å²) in [5.74, 6) is 0.872. The first-order valence-corrected chi connectivity index (χ1v) is 6.43. The quantitative estimate of drug-likeness (QED) is 0.847. The van der Waals surface area contributed by atoms with Crippen molar-refractivity contribution in [3.8, 4) is 5.75 Å². The van der Waals surface area contributed by atoms with Crippen LogP contribution in [-0.4, -0.2) is 25.6 Å². The van der Waals surface area contributed by atoms with Crippen molar-refractivity contribution in [3.05, 3.63) is 29.8 Å². The standard InChI is InChI=1S/C14H20N2O2/c1-3-10-18-12-6-4-11(5-7-12)14(2)13(17)15-8-9-16-14/h4-7,16H,3,8-10H2,1-2H3,(H,15,17). The van der Waals surface area contributed by atoms with Gasteiger partial charge in [0.05, 0.1) is 6.61 Å². The van der Waals surface area contributed by atoms with Crippen molar-refractivity contribution in [2.45, 2.75) is 25.8 Å². The zero-order chi connectivity index (χ0) is 13.0. The summed E-state index contributed by atoms with van der Waals surface area (Å²) in [6, 6.07) is 7.73. The van der Waals surface area contributed by atoms with E-state index in [9.17, 15) is 4.79 Å². The first-order valence-electron chi connectivity index (χ1n) is 6.43. The second-order valence-electron chi connectivity index (χ2n) is 4.68. The number of piperazine rings is 1. The Labute approximate surface area is 108 Å². The molecule has 1 atom stereocenters. The van der Waals surface area contributed by atoms with E-state index in [4.69, 9.17) is 4.74 Å². The highest BCUT2D eigenvalue weighted by Gasteiger charge is 2.36. The van der Waals surface area contributed by atoms with Crippen LogP contribution in [0.1, 0.15) is 25.8 Å². The van der Waals surface area contributed by atoms with Crippen LogP contribution in [0.5, 0.6) is 5.75 Å². The minimum Gasteiger partial charge on any atom is -0.494 e. The van der Waals surface area contributed by atoms with E-state index in [2.05, 4.69) is 17.6 Å². The molecule has 1 aliphatic rings. The molecule has 2 rings (SSSR count). The molecular weight excluding hydrogens is 228 g/mol. The lowest BCUT2D eigenvalue weighted by molar-refractivity contribution is -0.128. The minimum absolute atomic E-state index is 0.0241. The SMILES string of the molecule is CCCOc1ccc(C2(C)NCCNC2=O)cc1. The molecule has 1 fully saturated rings. The first-order chi connectivity index (χ1) is 8.66. The van der Waals surface area contributed by atoms with Gasteiger partial charge < -0.3 is 10.1 Å². The van der Waals surface area contributed by atoms with Crippen LogP contribution in [0.2, 0.25) is 0 Å². The van der Waals surface area contributed by atoms with Crippen molar-refractivity contribution < 1.29 is 9.53 Å². The van der Waals surface area contributed by atoms with Gasteiger partial charge in [-0.1, -0.05) is 19.1 Å². The molecule has 4 nitrogen and oxygen atoms in total. The Balaban J connectivity index is 2.15. The van der Waals surface area contributed by atoms with Gasteiger partial charge in [-0.3, -0.25) is 10.1 Å². The number of hydrogen-bond donors (Lipinski definition) is 2. The van der Waals surface area contributed by atoms with Crippen LogP contribution >= 0.6 is 0 Å². The molecule has 1 unspecified atom stereocenters. The number of nitrogens with one attached hydrogen (secondary N) is 2. The van der Waals surface area contributed by atoms with Crippen molar-refractivity contribution in [3.63, 3.8) is 0 Å². The van der Waals surface area contributed by atoms with Crippen LogP contribution < -0.4 is 15.4 Å². The molecule has 1 amide bonds. The maximum Gasteiger partial charge on any atom is 0.244 e. The summed E-state index contributed by atoms with van der Waals surface area (Å²) >= 11 is 0. The summed E-state index contributed by atoms with van der Waals surface area (Å²) in [5.41, 5.74) is 0.324. The monoisotopic (exact) mass is 248 g/mol. The second kappa shape index (κ2) is 5.40. The Kier molecular flexibility index (Phi) is 3.87. The van der Waals surface area contributed by atoms with Crippen molar-refractivity contribution in [2.24, 2.45) is 0 Å².